The van der Waals surface area contributed by atoms with Crippen LogP contribution in [0.5, 0.6) is 0 Å². The molecule has 0 radical (unpaired) electrons. The fraction of sp³-hybridized carbons (Fsp3) is 0.429. The molecular weight excluding hydrogens is 400 g/mol. The lowest BCUT2D eigenvalue weighted by atomic mass is 10.0. The molecule has 2 aliphatic rings. The number of nitrogen functional groups attached to an aromatic ring is 1. The molecule has 144 valence electrons. The maximum Gasteiger partial charge on any atom is 0.327 e. The summed E-state index contributed by atoms with van der Waals surface area (Å²) in [4.78, 5) is 48.4. The lowest BCUT2D eigenvalue weighted by molar-refractivity contribution is -0.151. The number of nitrogens with two attached hydrogens (primary N) is 1. The van der Waals surface area contributed by atoms with Gasteiger partial charge in [0.15, 0.2) is 10.7 Å². The number of aliphatic carboxylic acids is 1. The van der Waals surface area contributed by atoms with E-state index < -0.39 is 34.1 Å². The third kappa shape index (κ3) is 3.49. The number of carboxylic acid groups (broad SMARTS) is 1. The van der Waals surface area contributed by atoms with Crippen molar-refractivity contribution in [3.8, 4) is 0 Å². The van der Waals surface area contributed by atoms with Gasteiger partial charge < -0.3 is 25.9 Å². The number of hydrogen-bond donors (Lipinski definition) is 3. The molecule has 3 rings (SSSR count). The highest BCUT2D eigenvalue weighted by Crippen LogP contribution is 2.40. The molecule has 1 aromatic heterocycles. The number of nitrogens with one attached hydrogen (secondary N) is 1. The van der Waals surface area contributed by atoms with E-state index in [-0.39, 0.29) is 29.7 Å². The van der Waals surface area contributed by atoms with E-state index in [1.807, 2.05) is 0 Å². The van der Waals surface area contributed by atoms with Crippen molar-refractivity contribution in [2.24, 2.45) is 5.16 Å². The maximum absolute atomic E-state index is 12.6. The molecule has 0 aromatic carbocycles. The second kappa shape index (κ2) is 7.19. The number of fused-ring (bicyclic) bond motifs is 1. The van der Waals surface area contributed by atoms with Crippen LogP contribution in [0.1, 0.15) is 5.82 Å². The monoisotopic (exact) mass is 414 g/mol. The zero-order valence-corrected chi connectivity index (χ0v) is 15.5. The molecule has 2 saturated heterocycles. The van der Waals surface area contributed by atoms with Gasteiger partial charge in [-0.1, -0.05) is 5.16 Å². The average molecular weight is 415 g/mol. The van der Waals surface area contributed by atoms with Gasteiger partial charge in [0, 0.05) is 11.9 Å². The van der Waals surface area contributed by atoms with Crippen LogP contribution in [0.25, 0.3) is 0 Å². The van der Waals surface area contributed by atoms with Crippen LogP contribution in [0.15, 0.2) is 17.4 Å². The van der Waals surface area contributed by atoms with Gasteiger partial charge in [-0.25, -0.2) is 9.97 Å². The van der Waals surface area contributed by atoms with E-state index in [1.165, 1.54) is 36.0 Å². The molecule has 4 N–H and O–H groups in total. The van der Waals surface area contributed by atoms with Crippen LogP contribution in [0, 0.1) is 0 Å². The molecule has 0 bridgehead atoms. The van der Waals surface area contributed by atoms with Crippen LogP contribution < -0.4 is 11.1 Å². The number of alkyl halides is 1. The summed E-state index contributed by atoms with van der Waals surface area (Å²) in [7, 11) is 1.25. The molecule has 0 spiro atoms. The Balaban J connectivity index is 1.72. The fourth-order valence-corrected chi connectivity index (χ4v) is 4.35. The Morgan fingerprint density at radius 2 is 2.33 bits per heavy atom. The average Bonchev–Trinajstić information content (AvgIpc) is 2.64. The predicted molar refractivity (Wildman–Crippen MR) is 96.1 cm³/mol. The SMILES string of the molecule is CON=C(C(=O)NC1C(=O)N2CC(Cl)(C(=O)O)CS[C@H]12)c1nccc(N)n1. The maximum atomic E-state index is 12.6. The van der Waals surface area contributed by atoms with Gasteiger partial charge in [0.2, 0.25) is 11.6 Å². The largest absolute Gasteiger partial charge is 0.480 e. The summed E-state index contributed by atoms with van der Waals surface area (Å²) >= 11 is 7.22. The van der Waals surface area contributed by atoms with Crippen LogP contribution in [0.3, 0.4) is 0 Å². The normalized spacial score (nSPS) is 27.4. The number of amides is 2. The van der Waals surface area contributed by atoms with Gasteiger partial charge in [0.05, 0.1) is 6.54 Å². The Bertz CT molecular complexity index is 838. The van der Waals surface area contributed by atoms with Crippen molar-refractivity contribution in [1.82, 2.24) is 20.2 Å². The number of β-lactam (4-membered cyclic amide) rings is 1. The van der Waals surface area contributed by atoms with Gasteiger partial charge in [0.25, 0.3) is 5.91 Å². The standard InChI is InChI=1S/C14H15ClN6O5S/c1-26-20-7(9-17-3-2-6(16)18-9)10(22)19-8-11(23)21-4-14(15,13(24)25)5-27-12(8)21/h2-3,8,12H,4-5H2,1H3,(H,19,22)(H,24,25)(H2,16,17,18)/t8?,12-,14?/m1/s1. The molecule has 2 fully saturated rings. The molecule has 2 unspecified atom stereocenters. The minimum Gasteiger partial charge on any atom is -0.480 e. The van der Waals surface area contributed by atoms with Crippen molar-refractivity contribution < 1.29 is 24.3 Å². The van der Waals surface area contributed by atoms with Crippen LogP contribution >= 0.6 is 23.4 Å². The number of aromatic nitrogens is 2. The van der Waals surface area contributed by atoms with Crippen molar-refractivity contribution in [1.29, 1.82) is 0 Å². The number of anilines is 1. The molecule has 2 amide bonds. The Morgan fingerprint density at radius 1 is 1.59 bits per heavy atom. The van der Waals surface area contributed by atoms with Gasteiger partial charge >= 0.3 is 5.97 Å². The third-order valence-electron chi connectivity index (χ3n) is 4.00. The molecule has 3 heterocycles. The minimum atomic E-state index is -1.54. The van der Waals surface area contributed by atoms with Crippen molar-refractivity contribution in [3.63, 3.8) is 0 Å². The minimum absolute atomic E-state index is 0.0556. The van der Waals surface area contributed by atoms with Gasteiger partial charge in [0.1, 0.15) is 24.3 Å². The molecule has 1 aromatic rings. The summed E-state index contributed by atoms with van der Waals surface area (Å²) in [5.41, 5.74) is 5.35. The third-order valence-corrected chi connectivity index (χ3v) is 6.10. The highest BCUT2D eigenvalue weighted by molar-refractivity contribution is 8.00. The van der Waals surface area contributed by atoms with Crippen molar-refractivity contribution in [3.05, 3.63) is 18.1 Å². The number of halogens is 1. The van der Waals surface area contributed by atoms with E-state index in [4.69, 9.17) is 17.3 Å². The summed E-state index contributed by atoms with van der Waals surface area (Å²) in [6.45, 7) is -0.135. The molecule has 11 nitrogen and oxygen atoms in total. The van der Waals surface area contributed by atoms with Gasteiger partial charge in [-0.2, -0.15) is 0 Å². The molecule has 0 saturated carbocycles. The van der Waals surface area contributed by atoms with Gasteiger partial charge in [-0.05, 0) is 6.07 Å². The first kappa shape index (κ1) is 19.2. The zero-order valence-electron chi connectivity index (χ0n) is 14.0. The Labute approximate surface area is 162 Å². The number of nitrogens with zero attached hydrogens (tertiary/aromatic N) is 4. The molecule has 2 aliphatic heterocycles. The molecular formula is C14H15ClN6O5S. The van der Waals surface area contributed by atoms with Crippen LogP contribution in [-0.2, 0) is 19.2 Å². The van der Waals surface area contributed by atoms with E-state index in [0.29, 0.717) is 0 Å². The fourth-order valence-electron chi connectivity index (χ4n) is 2.64. The second-order valence-electron chi connectivity index (χ2n) is 5.82. The van der Waals surface area contributed by atoms with E-state index >= 15 is 0 Å². The molecule has 0 aliphatic carbocycles. The zero-order chi connectivity index (χ0) is 19.8. The predicted octanol–water partition coefficient (Wildman–Crippen LogP) is -1.13. The first-order chi connectivity index (χ1) is 12.8. The molecule has 3 atom stereocenters. The lowest BCUT2D eigenvalue weighted by Crippen LogP contribution is -2.74. The number of rotatable bonds is 5. The Kier molecular flexibility index (Phi) is 5.11. The van der Waals surface area contributed by atoms with Gasteiger partial charge in [-0.3, -0.25) is 14.4 Å². The highest BCUT2D eigenvalue weighted by atomic mass is 35.5. The molecule has 13 heteroatoms. The van der Waals surface area contributed by atoms with Crippen molar-refractivity contribution >= 4 is 52.7 Å². The van der Waals surface area contributed by atoms with Crippen molar-refractivity contribution in [2.75, 3.05) is 25.1 Å². The van der Waals surface area contributed by atoms with E-state index in [1.54, 1.807) is 0 Å². The van der Waals surface area contributed by atoms with Crippen LogP contribution in [0.2, 0.25) is 0 Å². The second-order valence-corrected chi connectivity index (χ2v) is 7.65. The summed E-state index contributed by atoms with van der Waals surface area (Å²) < 4.78 is 0. The number of oxime groups is 1. The quantitative estimate of drug-likeness (QED) is 0.234. The van der Waals surface area contributed by atoms with E-state index in [0.717, 1.165) is 0 Å². The number of thioether (sulfide) groups is 1. The Morgan fingerprint density at radius 3 is 2.96 bits per heavy atom. The lowest BCUT2D eigenvalue weighted by Gasteiger charge is -2.52. The van der Waals surface area contributed by atoms with E-state index in [9.17, 15) is 19.5 Å². The molecule has 27 heavy (non-hydrogen) atoms. The summed E-state index contributed by atoms with van der Waals surface area (Å²) in [5, 5.41) is 14.9. The van der Waals surface area contributed by atoms with Crippen molar-refractivity contribution in [2.45, 2.75) is 16.3 Å². The topological polar surface area (TPSA) is 160 Å². The Hall–Kier alpha value is -2.60. The van der Waals surface area contributed by atoms with Crippen LogP contribution in [0.4, 0.5) is 5.82 Å². The van der Waals surface area contributed by atoms with Crippen LogP contribution in [-0.4, -0.2) is 79.2 Å². The number of carbonyl (C=O) groups excluding carboxylic acids is 2. The summed E-state index contributed by atoms with van der Waals surface area (Å²) in [6, 6.07) is 0.597. The summed E-state index contributed by atoms with van der Waals surface area (Å²) in [6.07, 6.45) is 1.36. The first-order valence-corrected chi connectivity index (χ1v) is 9.05. The number of carboxylic acids is 1. The van der Waals surface area contributed by atoms with Gasteiger partial charge in [-0.15, -0.1) is 23.4 Å². The number of carbonyl (C=O) groups is 3. The smallest absolute Gasteiger partial charge is 0.327 e. The number of hydrogen-bond acceptors (Lipinski definition) is 9. The first-order valence-electron chi connectivity index (χ1n) is 7.62. The van der Waals surface area contributed by atoms with E-state index in [2.05, 4.69) is 25.3 Å². The summed E-state index contributed by atoms with van der Waals surface area (Å²) in [5.74, 6) is -2.16. The highest BCUT2D eigenvalue weighted by Gasteiger charge is 2.57.